The molecule has 2 aliphatic heterocycles. The Hall–Kier alpha value is -3.11. The molecule has 0 saturated carbocycles. The van der Waals surface area contributed by atoms with Crippen molar-refractivity contribution in [3.63, 3.8) is 0 Å². The average molecular weight is 524 g/mol. The van der Waals surface area contributed by atoms with Crippen molar-refractivity contribution < 1.29 is 22.3 Å². The van der Waals surface area contributed by atoms with Crippen LogP contribution in [0.2, 0.25) is 0 Å². The summed E-state index contributed by atoms with van der Waals surface area (Å²) in [4.78, 5) is 16.9. The number of rotatable bonds is 6. The number of morpholine rings is 1. The number of sulfonamides is 1. The Morgan fingerprint density at radius 1 is 0.784 bits per heavy atom. The highest BCUT2D eigenvalue weighted by atomic mass is 32.2. The average Bonchev–Trinajstić information content (AvgIpc) is 2.95. The van der Waals surface area contributed by atoms with Crippen molar-refractivity contribution in [2.45, 2.75) is 10.9 Å². The van der Waals surface area contributed by atoms with Gasteiger partial charge < -0.3 is 9.64 Å². The number of hydrogen-bond donors (Lipinski definition) is 0. The van der Waals surface area contributed by atoms with Crippen LogP contribution in [0.5, 0.6) is 0 Å². The lowest BCUT2D eigenvalue weighted by atomic mass is 9.96. The van der Waals surface area contributed by atoms with Gasteiger partial charge in [0.2, 0.25) is 10.0 Å². The Morgan fingerprint density at radius 2 is 1.35 bits per heavy atom. The molecule has 2 aliphatic rings. The fourth-order valence-corrected chi connectivity index (χ4v) is 6.51. The number of hydrogen-bond acceptors (Lipinski definition) is 5. The van der Waals surface area contributed by atoms with E-state index in [1.807, 2.05) is 36.4 Å². The maximum absolute atomic E-state index is 14.6. The molecule has 7 nitrogen and oxygen atoms in total. The van der Waals surface area contributed by atoms with Crippen LogP contribution in [-0.4, -0.2) is 80.9 Å². The van der Waals surface area contributed by atoms with Gasteiger partial charge in [0.05, 0.1) is 19.3 Å². The summed E-state index contributed by atoms with van der Waals surface area (Å²) < 4.78 is 47.1. The van der Waals surface area contributed by atoms with Crippen molar-refractivity contribution in [2.75, 3.05) is 52.5 Å². The molecule has 0 bridgehead atoms. The van der Waals surface area contributed by atoms with E-state index in [9.17, 15) is 17.6 Å². The lowest BCUT2D eigenvalue weighted by Gasteiger charge is -2.40. The first-order valence-electron chi connectivity index (χ1n) is 12.5. The predicted octanol–water partition coefficient (Wildman–Crippen LogP) is 3.39. The van der Waals surface area contributed by atoms with Gasteiger partial charge in [0.25, 0.3) is 5.91 Å². The Morgan fingerprint density at radius 3 is 1.92 bits per heavy atom. The second-order valence-corrected chi connectivity index (χ2v) is 11.1. The van der Waals surface area contributed by atoms with Gasteiger partial charge in [-0.2, -0.15) is 4.31 Å². The molecule has 0 spiro atoms. The number of nitrogens with zero attached hydrogens (tertiary/aromatic N) is 3. The molecule has 9 heteroatoms. The highest BCUT2D eigenvalue weighted by Crippen LogP contribution is 2.30. The van der Waals surface area contributed by atoms with E-state index in [0.717, 1.165) is 6.07 Å². The fourth-order valence-electron chi connectivity index (χ4n) is 5.01. The molecule has 0 aromatic heterocycles. The van der Waals surface area contributed by atoms with Crippen LogP contribution in [0.3, 0.4) is 0 Å². The third kappa shape index (κ3) is 5.45. The van der Waals surface area contributed by atoms with Crippen molar-refractivity contribution in [1.29, 1.82) is 0 Å². The first kappa shape index (κ1) is 25.5. The smallest absolute Gasteiger partial charge is 0.253 e. The van der Waals surface area contributed by atoms with Gasteiger partial charge in [-0.15, -0.1) is 0 Å². The number of piperazine rings is 1. The van der Waals surface area contributed by atoms with E-state index >= 15 is 0 Å². The molecule has 2 fully saturated rings. The minimum absolute atomic E-state index is 0.0655. The Bertz CT molecular complexity index is 1280. The Labute approximate surface area is 217 Å². The first-order valence-corrected chi connectivity index (χ1v) is 13.9. The van der Waals surface area contributed by atoms with E-state index in [-0.39, 0.29) is 43.8 Å². The minimum atomic E-state index is -4.06. The van der Waals surface area contributed by atoms with Crippen LogP contribution in [0.4, 0.5) is 4.39 Å². The van der Waals surface area contributed by atoms with E-state index < -0.39 is 20.7 Å². The number of ether oxygens (including phenoxy) is 1. The molecule has 0 unspecified atom stereocenters. The zero-order valence-electron chi connectivity index (χ0n) is 20.5. The maximum Gasteiger partial charge on any atom is 0.253 e. The molecule has 194 valence electrons. The third-order valence-electron chi connectivity index (χ3n) is 6.96. The summed E-state index contributed by atoms with van der Waals surface area (Å²) in [5, 5.41) is 0. The lowest BCUT2D eigenvalue weighted by molar-refractivity contribution is 0.0597. The summed E-state index contributed by atoms with van der Waals surface area (Å²) >= 11 is 0. The predicted molar refractivity (Wildman–Crippen MR) is 138 cm³/mol. The van der Waals surface area contributed by atoms with Gasteiger partial charge in [0, 0.05) is 44.8 Å². The summed E-state index contributed by atoms with van der Waals surface area (Å²) in [5.74, 6) is -1.16. The third-order valence-corrected chi connectivity index (χ3v) is 8.88. The molecule has 5 rings (SSSR count). The molecule has 0 N–H and O–H groups in total. The first-order chi connectivity index (χ1) is 17.9. The van der Waals surface area contributed by atoms with Gasteiger partial charge in [-0.3, -0.25) is 9.69 Å². The summed E-state index contributed by atoms with van der Waals surface area (Å²) in [7, 11) is -4.06. The van der Waals surface area contributed by atoms with Crippen molar-refractivity contribution in [3.8, 4) is 0 Å². The molecule has 37 heavy (non-hydrogen) atoms. The van der Waals surface area contributed by atoms with E-state index in [1.54, 1.807) is 4.90 Å². The maximum atomic E-state index is 14.6. The van der Waals surface area contributed by atoms with Crippen LogP contribution in [-0.2, 0) is 14.8 Å². The molecular weight excluding hydrogens is 493 g/mol. The van der Waals surface area contributed by atoms with Crippen LogP contribution >= 0.6 is 0 Å². The molecule has 2 heterocycles. The van der Waals surface area contributed by atoms with Gasteiger partial charge in [-0.05, 0) is 29.3 Å². The van der Waals surface area contributed by atoms with Crippen LogP contribution < -0.4 is 0 Å². The van der Waals surface area contributed by atoms with E-state index in [0.29, 0.717) is 26.2 Å². The van der Waals surface area contributed by atoms with Crippen LogP contribution in [0.15, 0.2) is 83.8 Å². The van der Waals surface area contributed by atoms with Gasteiger partial charge in [0.15, 0.2) is 0 Å². The van der Waals surface area contributed by atoms with E-state index in [1.165, 1.54) is 27.6 Å². The van der Waals surface area contributed by atoms with Crippen LogP contribution in [0.1, 0.15) is 27.5 Å². The molecule has 3 aromatic carbocycles. The SMILES string of the molecule is O=C(c1ccc(F)c(S(=O)(=O)N2CCOCC2)c1)N1CCN(C(c2ccccc2)c2ccccc2)CC1. The van der Waals surface area contributed by atoms with E-state index in [4.69, 9.17) is 4.74 Å². The lowest BCUT2D eigenvalue weighted by Crippen LogP contribution is -2.50. The van der Waals surface area contributed by atoms with Crippen LogP contribution in [0, 0.1) is 5.82 Å². The highest BCUT2D eigenvalue weighted by Gasteiger charge is 2.32. The zero-order chi connectivity index (χ0) is 25.8. The highest BCUT2D eigenvalue weighted by molar-refractivity contribution is 7.89. The van der Waals surface area contributed by atoms with Crippen molar-refractivity contribution >= 4 is 15.9 Å². The molecule has 0 radical (unpaired) electrons. The molecular formula is C28H30FN3O4S. The summed E-state index contributed by atoms with van der Waals surface area (Å²) in [6.07, 6.45) is 0. The normalized spacial score (nSPS) is 17.7. The summed E-state index contributed by atoms with van der Waals surface area (Å²) in [5.41, 5.74) is 2.54. The van der Waals surface area contributed by atoms with E-state index in [2.05, 4.69) is 29.2 Å². The quantitative estimate of drug-likeness (QED) is 0.496. The molecule has 2 saturated heterocycles. The van der Waals surface area contributed by atoms with Crippen molar-refractivity contribution in [1.82, 2.24) is 14.1 Å². The van der Waals surface area contributed by atoms with Crippen molar-refractivity contribution in [2.24, 2.45) is 0 Å². The summed E-state index contributed by atoms with van der Waals surface area (Å²) in [6, 6.07) is 24.2. The number of halogens is 1. The summed E-state index contributed by atoms with van der Waals surface area (Å²) in [6.45, 7) is 3.11. The zero-order valence-corrected chi connectivity index (χ0v) is 21.3. The molecule has 1 amide bonds. The van der Waals surface area contributed by atoms with Gasteiger partial charge in [-0.25, -0.2) is 12.8 Å². The monoisotopic (exact) mass is 523 g/mol. The van der Waals surface area contributed by atoms with Gasteiger partial charge in [-0.1, -0.05) is 60.7 Å². The number of benzene rings is 3. The van der Waals surface area contributed by atoms with Crippen LogP contribution in [0.25, 0.3) is 0 Å². The minimum Gasteiger partial charge on any atom is -0.379 e. The van der Waals surface area contributed by atoms with Gasteiger partial charge >= 0.3 is 0 Å². The number of amides is 1. The second-order valence-electron chi connectivity index (χ2n) is 9.21. The molecule has 0 aliphatic carbocycles. The standard InChI is InChI=1S/C28H30FN3O4S/c29-25-12-11-24(21-26(25)37(34,35)32-17-19-36-20-18-32)28(33)31-15-13-30(14-16-31)27(22-7-3-1-4-8-22)23-9-5-2-6-10-23/h1-12,21,27H,13-20H2. The largest absolute Gasteiger partial charge is 0.379 e. The Balaban J connectivity index is 1.32. The number of carbonyl (C=O) groups excluding carboxylic acids is 1. The number of carbonyl (C=O) groups is 1. The Kier molecular flexibility index (Phi) is 7.66. The van der Waals surface area contributed by atoms with Crippen molar-refractivity contribution in [3.05, 3.63) is 101 Å². The molecule has 3 aromatic rings. The molecule has 0 atom stereocenters. The topological polar surface area (TPSA) is 70.2 Å². The van der Waals surface area contributed by atoms with Gasteiger partial charge in [0.1, 0.15) is 10.7 Å². The second kappa shape index (κ2) is 11.1. The fraction of sp³-hybridized carbons (Fsp3) is 0.321.